The van der Waals surface area contributed by atoms with Gasteiger partial charge in [-0.2, -0.15) is 0 Å². The van der Waals surface area contributed by atoms with E-state index in [1.807, 2.05) is 31.2 Å². The maximum absolute atomic E-state index is 11.7. The zero-order valence-electron chi connectivity index (χ0n) is 11.8. The first-order chi connectivity index (χ1) is 9.69. The van der Waals surface area contributed by atoms with Crippen LogP contribution in [0.25, 0.3) is 0 Å². The number of nitrogens with one attached hydrogen (secondary N) is 1. The maximum atomic E-state index is 11.7. The molecule has 0 bridgehead atoms. The molecule has 0 radical (unpaired) electrons. The van der Waals surface area contributed by atoms with Gasteiger partial charge in [0.25, 0.3) is 0 Å². The van der Waals surface area contributed by atoms with E-state index in [2.05, 4.69) is 5.32 Å². The van der Waals surface area contributed by atoms with Crippen LogP contribution >= 0.6 is 11.8 Å². The molecule has 6 heteroatoms. The number of carbonyl (C=O) groups is 1. The van der Waals surface area contributed by atoms with Gasteiger partial charge >= 0.3 is 0 Å². The van der Waals surface area contributed by atoms with Gasteiger partial charge in [-0.25, -0.2) is 0 Å². The van der Waals surface area contributed by atoms with E-state index in [0.717, 1.165) is 10.6 Å². The number of carbonyl (C=O) groups excluding carboxylic acids is 1. The van der Waals surface area contributed by atoms with Crippen molar-refractivity contribution in [3.05, 3.63) is 24.3 Å². The molecule has 20 heavy (non-hydrogen) atoms. The van der Waals surface area contributed by atoms with E-state index in [9.17, 15) is 4.79 Å². The minimum atomic E-state index is -0.353. The summed E-state index contributed by atoms with van der Waals surface area (Å²) in [5.41, 5.74) is 0. The smallest absolute Gasteiger partial charge is 0.230 e. The van der Waals surface area contributed by atoms with Crippen molar-refractivity contribution in [3.8, 4) is 5.75 Å². The standard InChI is InChI=1S/C14H21NO4S/c1-3-19-12-4-6-13(7-5-12)20-10-14(17)15-11(8-16)9-18-2/h4-7,11,16H,3,8-10H2,1-2H3,(H,15,17). The van der Waals surface area contributed by atoms with Gasteiger partial charge in [0.1, 0.15) is 5.75 Å². The Hall–Kier alpha value is -1.24. The number of hydrogen-bond acceptors (Lipinski definition) is 5. The Morgan fingerprint density at radius 3 is 2.65 bits per heavy atom. The van der Waals surface area contributed by atoms with Crippen molar-refractivity contribution in [3.63, 3.8) is 0 Å². The second kappa shape index (κ2) is 9.63. The number of thioether (sulfide) groups is 1. The molecule has 1 unspecified atom stereocenters. The van der Waals surface area contributed by atoms with Gasteiger partial charge < -0.3 is 19.9 Å². The highest BCUT2D eigenvalue weighted by Crippen LogP contribution is 2.21. The third kappa shape index (κ3) is 6.27. The van der Waals surface area contributed by atoms with Gasteiger partial charge in [0, 0.05) is 12.0 Å². The monoisotopic (exact) mass is 299 g/mol. The van der Waals surface area contributed by atoms with E-state index < -0.39 is 0 Å². The molecule has 0 fully saturated rings. The number of aliphatic hydroxyl groups excluding tert-OH is 1. The van der Waals surface area contributed by atoms with Crippen LogP contribution < -0.4 is 10.1 Å². The average Bonchev–Trinajstić information content (AvgIpc) is 2.46. The van der Waals surface area contributed by atoms with Crippen LogP contribution in [0.15, 0.2) is 29.2 Å². The molecule has 0 heterocycles. The summed E-state index contributed by atoms with van der Waals surface area (Å²) in [7, 11) is 1.53. The second-order valence-electron chi connectivity index (χ2n) is 4.10. The number of benzene rings is 1. The van der Waals surface area contributed by atoms with Crippen LogP contribution in [0.2, 0.25) is 0 Å². The maximum Gasteiger partial charge on any atom is 0.230 e. The fraction of sp³-hybridized carbons (Fsp3) is 0.500. The zero-order chi connectivity index (χ0) is 14.8. The fourth-order valence-corrected chi connectivity index (χ4v) is 2.27. The minimum absolute atomic E-state index is 0.125. The summed E-state index contributed by atoms with van der Waals surface area (Å²) in [5.74, 6) is 0.996. The molecule has 0 aliphatic heterocycles. The SMILES string of the molecule is CCOc1ccc(SCC(=O)NC(CO)COC)cc1. The molecule has 1 aromatic carbocycles. The second-order valence-corrected chi connectivity index (χ2v) is 5.14. The number of amides is 1. The number of methoxy groups -OCH3 is 1. The molecule has 1 aromatic rings. The van der Waals surface area contributed by atoms with Crippen LogP contribution in [0, 0.1) is 0 Å². The molecular weight excluding hydrogens is 278 g/mol. The van der Waals surface area contributed by atoms with Crippen molar-refractivity contribution in [2.24, 2.45) is 0 Å². The Balaban J connectivity index is 2.36. The number of ether oxygens (including phenoxy) is 2. The van der Waals surface area contributed by atoms with Crippen molar-refractivity contribution in [2.75, 3.05) is 32.7 Å². The predicted octanol–water partition coefficient (Wildman–Crippen LogP) is 1.30. The molecule has 1 rings (SSSR count). The van der Waals surface area contributed by atoms with Gasteiger partial charge in [-0.15, -0.1) is 11.8 Å². The lowest BCUT2D eigenvalue weighted by Gasteiger charge is -2.14. The lowest BCUT2D eigenvalue weighted by atomic mass is 10.3. The molecule has 0 aliphatic rings. The molecule has 1 amide bonds. The lowest BCUT2D eigenvalue weighted by Crippen LogP contribution is -2.41. The highest BCUT2D eigenvalue weighted by atomic mass is 32.2. The summed E-state index contributed by atoms with van der Waals surface area (Å²) in [6.45, 7) is 2.74. The molecule has 112 valence electrons. The van der Waals surface area contributed by atoms with Crippen molar-refractivity contribution in [1.82, 2.24) is 5.32 Å². The van der Waals surface area contributed by atoms with Crippen molar-refractivity contribution >= 4 is 17.7 Å². The van der Waals surface area contributed by atoms with E-state index >= 15 is 0 Å². The summed E-state index contributed by atoms with van der Waals surface area (Å²) >= 11 is 1.44. The van der Waals surface area contributed by atoms with Crippen LogP contribution in [-0.2, 0) is 9.53 Å². The molecule has 0 aliphatic carbocycles. The number of aliphatic hydroxyl groups is 1. The Bertz CT molecular complexity index is 397. The summed E-state index contributed by atoms with van der Waals surface area (Å²) in [5, 5.41) is 11.8. The molecule has 0 saturated heterocycles. The molecule has 2 N–H and O–H groups in total. The van der Waals surface area contributed by atoms with E-state index in [1.54, 1.807) is 0 Å². The van der Waals surface area contributed by atoms with E-state index in [0.29, 0.717) is 19.0 Å². The van der Waals surface area contributed by atoms with Crippen LogP contribution in [0.4, 0.5) is 0 Å². The molecule has 1 atom stereocenters. The van der Waals surface area contributed by atoms with Crippen LogP contribution in [-0.4, -0.2) is 49.7 Å². The Morgan fingerprint density at radius 2 is 2.10 bits per heavy atom. The van der Waals surface area contributed by atoms with E-state index in [4.69, 9.17) is 14.6 Å². The van der Waals surface area contributed by atoms with Crippen LogP contribution in [0.5, 0.6) is 5.75 Å². The molecule has 0 saturated carbocycles. The third-order valence-electron chi connectivity index (χ3n) is 2.46. The quantitative estimate of drug-likeness (QED) is 0.673. The van der Waals surface area contributed by atoms with Crippen molar-refractivity contribution in [1.29, 1.82) is 0 Å². The highest BCUT2D eigenvalue weighted by molar-refractivity contribution is 8.00. The lowest BCUT2D eigenvalue weighted by molar-refractivity contribution is -0.120. The van der Waals surface area contributed by atoms with Crippen molar-refractivity contribution < 1.29 is 19.4 Å². The van der Waals surface area contributed by atoms with Gasteiger partial charge in [0.15, 0.2) is 0 Å². The minimum Gasteiger partial charge on any atom is -0.494 e. The number of rotatable bonds is 9. The van der Waals surface area contributed by atoms with E-state index in [-0.39, 0.29) is 18.6 Å². The highest BCUT2D eigenvalue weighted by Gasteiger charge is 2.11. The first-order valence-electron chi connectivity index (χ1n) is 6.44. The number of hydrogen-bond donors (Lipinski definition) is 2. The van der Waals surface area contributed by atoms with Crippen molar-refractivity contribution in [2.45, 2.75) is 17.9 Å². The van der Waals surface area contributed by atoms with Crippen LogP contribution in [0.1, 0.15) is 6.92 Å². The van der Waals surface area contributed by atoms with E-state index in [1.165, 1.54) is 18.9 Å². The first-order valence-corrected chi connectivity index (χ1v) is 7.43. The summed E-state index contributed by atoms with van der Waals surface area (Å²) < 4.78 is 10.2. The summed E-state index contributed by atoms with van der Waals surface area (Å²) in [6, 6.07) is 7.24. The normalized spacial score (nSPS) is 11.9. The van der Waals surface area contributed by atoms with Gasteiger partial charge in [-0.1, -0.05) is 0 Å². The first kappa shape index (κ1) is 16.8. The summed E-state index contributed by atoms with van der Waals surface area (Å²) in [4.78, 5) is 12.7. The Kier molecular flexibility index (Phi) is 8.10. The van der Waals surface area contributed by atoms with Gasteiger partial charge in [-0.3, -0.25) is 4.79 Å². The molecule has 0 spiro atoms. The van der Waals surface area contributed by atoms with Gasteiger partial charge in [0.05, 0.1) is 31.6 Å². The Morgan fingerprint density at radius 1 is 1.40 bits per heavy atom. The topological polar surface area (TPSA) is 67.8 Å². The zero-order valence-corrected chi connectivity index (χ0v) is 12.6. The summed E-state index contributed by atoms with van der Waals surface area (Å²) in [6.07, 6.45) is 0. The van der Waals surface area contributed by atoms with Crippen LogP contribution in [0.3, 0.4) is 0 Å². The third-order valence-corrected chi connectivity index (χ3v) is 3.47. The average molecular weight is 299 g/mol. The molecule has 0 aromatic heterocycles. The van der Waals surface area contributed by atoms with Gasteiger partial charge in [0.2, 0.25) is 5.91 Å². The fourth-order valence-electron chi connectivity index (χ4n) is 1.56. The molecule has 5 nitrogen and oxygen atoms in total. The predicted molar refractivity (Wildman–Crippen MR) is 79.2 cm³/mol. The van der Waals surface area contributed by atoms with Gasteiger partial charge in [-0.05, 0) is 31.2 Å². The molecular formula is C14H21NO4S. The largest absolute Gasteiger partial charge is 0.494 e. The Labute approximate surface area is 123 Å².